The fourth-order valence-electron chi connectivity index (χ4n) is 4.00. The maximum atomic E-state index is 12.3. The molecule has 1 spiro atoms. The SMILES string of the molecule is O=C(CC1CCC2(CC1)OCCO2)N[C@@H]1CN(c2ccccc2)C1=O. The molecule has 2 aliphatic heterocycles. The quantitative estimate of drug-likeness (QED) is 0.847. The summed E-state index contributed by atoms with van der Waals surface area (Å²) in [6.45, 7) is 1.89. The summed E-state index contributed by atoms with van der Waals surface area (Å²) in [4.78, 5) is 26.2. The Morgan fingerprint density at radius 1 is 1.16 bits per heavy atom. The lowest BCUT2D eigenvalue weighted by molar-refractivity contribution is -0.183. The summed E-state index contributed by atoms with van der Waals surface area (Å²) in [7, 11) is 0. The molecule has 134 valence electrons. The highest BCUT2D eigenvalue weighted by molar-refractivity contribution is 6.05. The van der Waals surface area contributed by atoms with E-state index in [4.69, 9.17) is 9.47 Å². The fourth-order valence-corrected chi connectivity index (χ4v) is 4.00. The van der Waals surface area contributed by atoms with Gasteiger partial charge in [-0.15, -0.1) is 0 Å². The molecule has 25 heavy (non-hydrogen) atoms. The van der Waals surface area contributed by atoms with E-state index in [0.29, 0.717) is 32.1 Å². The third kappa shape index (κ3) is 3.41. The number of anilines is 1. The van der Waals surface area contributed by atoms with Crippen LogP contribution in [0.3, 0.4) is 0 Å². The molecule has 4 rings (SSSR count). The number of para-hydroxylation sites is 1. The van der Waals surface area contributed by atoms with Crippen LogP contribution in [0.2, 0.25) is 0 Å². The van der Waals surface area contributed by atoms with Crippen molar-refractivity contribution in [2.45, 2.75) is 43.9 Å². The van der Waals surface area contributed by atoms with Crippen LogP contribution in [0.1, 0.15) is 32.1 Å². The number of hydrogen-bond acceptors (Lipinski definition) is 4. The minimum absolute atomic E-state index is 0.0275. The predicted octanol–water partition coefficient (Wildman–Crippen LogP) is 1.84. The third-order valence-corrected chi connectivity index (χ3v) is 5.49. The smallest absolute Gasteiger partial charge is 0.251 e. The van der Waals surface area contributed by atoms with Crippen molar-refractivity contribution < 1.29 is 19.1 Å². The van der Waals surface area contributed by atoms with Crippen LogP contribution in [-0.4, -0.2) is 43.4 Å². The van der Waals surface area contributed by atoms with Crippen molar-refractivity contribution in [3.63, 3.8) is 0 Å². The molecule has 0 aromatic heterocycles. The lowest BCUT2D eigenvalue weighted by Crippen LogP contribution is -2.64. The summed E-state index contributed by atoms with van der Waals surface area (Å²) in [6, 6.07) is 9.15. The van der Waals surface area contributed by atoms with Crippen LogP contribution in [0.25, 0.3) is 0 Å². The monoisotopic (exact) mass is 344 g/mol. The zero-order valence-electron chi connectivity index (χ0n) is 14.3. The van der Waals surface area contributed by atoms with Gasteiger partial charge in [-0.05, 0) is 30.9 Å². The number of ether oxygens (including phenoxy) is 2. The third-order valence-electron chi connectivity index (χ3n) is 5.49. The minimum Gasteiger partial charge on any atom is -0.348 e. The maximum Gasteiger partial charge on any atom is 0.251 e. The van der Waals surface area contributed by atoms with Gasteiger partial charge in [-0.1, -0.05) is 18.2 Å². The maximum absolute atomic E-state index is 12.3. The summed E-state index contributed by atoms with van der Waals surface area (Å²) in [5, 5.41) is 2.88. The highest BCUT2D eigenvalue weighted by atomic mass is 16.7. The van der Waals surface area contributed by atoms with Gasteiger partial charge in [-0.25, -0.2) is 0 Å². The van der Waals surface area contributed by atoms with Gasteiger partial charge in [0.1, 0.15) is 6.04 Å². The topological polar surface area (TPSA) is 67.9 Å². The molecule has 0 bridgehead atoms. The molecule has 2 saturated heterocycles. The molecule has 1 N–H and O–H groups in total. The first-order valence-corrected chi connectivity index (χ1v) is 9.09. The van der Waals surface area contributed by atoms with Crippen molar-refractivity contribution in [1.82, 2.24) is 5.32 Å². The van der Waals surface area contributed by atoms with Crippen molar-refractivity contribution in [3.8, 4) is 0 Å². The highest BCUT2D eigenvalue weighted by Gasteiger charge is 2.42. The standard InChI is InChI=1S/C19H24N2O4/c22-17(12-14-6-8-19(9-7-14)24-10-11-25-19)20-16-13-21(18(16)23)15-4-2-1-3-5-15/h1-5,14,16H,6-13H2,(H,20,22)/t16-/m1/s1. The second-order valence-corrected chi connectivity index (χ2v) is 7.16. The first-order chi connectivity index (χ1) is 12.2. The van der Waals surface area contributed by atoms with Gasteiger partial charge >= 0.3 is 0 Å². The van der Waals surface area contributed by atoms with Crippen LogP contribution in [0.15, 0.2) is 30.3 Å². The number of amides is 2. The van der Waals surface area contributed by atoms with Crippen LogP contribution in [0.5, 0.6) is 0 Å². The number of rotatable bonds is 4. The van der Waals surface area contributed by atoms with Gasteiger partial charge in [0.15, 0.2) is 5.79 Å². The molecule has 1 atom stereocenters. The molecule has 6 nitrogen and oxygen atoms in total. The lowest BCUT2D eigenvalue weighted by atomic mass is 9.83. The Kier molecular flexibility index (Phi) is 4.48. The van der Waals surface area contributed by atoms with Crippen LogP contribution >= 0.6 is 0 Å². The van der Waals surface area contributed by atoms with Gasteiger partial charge in [0, 0.05) is 24.9 Å². The van der Waals surface area contributed by atoms with Crippen molar-refractivity contribution in [3.05, 3.63) is 30.3 Å². The van der Waals surface area contributed by atoms with Crippen molar-refractivity contribution in [1.29, 1.82) is 0 Å². The number of β-lactam (4-membered cyclic amide) rings is 1. The average Bonchev–Trinajstić information content (AvgIpc) is 3.09. The Morgan fingerprint density at radius 3 is 2.48 bits per heavy atom. The van der Waals surface area contributed by atoms with Crippen LogP contribution in [-0.2, 0) is 19.1 Å². The highest BCUT2D eigenvalue weighted by Crippen LogP contribution is 2.39. The molecule has 1 aromatic carbocycles. The predicted molar refractivity (Wildman–Crippen MR) is 91.9 cm³/mol. The van der Waals surface area contributed by atoms with Crippen LogP contribution in [0, 0.1) is 5.92 Å². The van der Waals surface area contributed by atoms with Gasteiger partial charge in [0.2, 0.25) is 5.91 Å². The molecule has 3 fully saturated rings. The van der Waals surface area contributed by atoms with Crippen LogP contribution in [0.4, 0.5) is 5.69 Å². The van der Waals surface area contributed by atoms with Gasteiger partial charge in [-0.2, -0.15) is 0 Å². The van der Waals surface area contributed by atoms with E-state index < -0.39 is 0 Å². The van der Waals surface area contributed by atoms with E-state index in [1.165, 1.54) is 0 Å². The van der Waals surface area contributed by atoms with E-state index in [1.54, 1.807) is 4.90 Å². The molecule has 1 saturated carbocycles. The summed E-state index contributed by atoms with van der Waals surface area (Å²) >= 11 is 0. The van der Waals surface area contributed by atoms with Crippen molar-refractivity contribution in [2.75, 3.05) is 24.7 Å². The second kappa shape index (κ2) is 6.77. The summed E-state index contributed by atoms with van der Waals surface area (Å²) in [5.41, 5.74) is 0.882. The zero-order valence-corrected chi connectivity index (χ0v) is 14.3. The van der Waals surface area contributed by atoms with Crippen molar-refractivity contribution >= 4 is 17.5 Å². The van der Waals surface area contributed by atoms with Gasteiger partial charge in [0.05, 0.1) is 19.8 Å². The van der Waals surface area contributed by atoms with Gasteiger partial charge in [0.25, 0.3) is 5.91 Å². The summed E-state index contributed by atoms with van der Waals surface area (Å²) < 4.78 is 11.4. The normalized spacial score (nSPS) is 25.8. The number of benzene rings is 1. The Hall–Kier alpha value is -1.92. The number of carbonyl (C=O) groups is 2. The first-order valence-electron chi connectivity index (χ1n) is 9.09. The van der Waals surface area contributed by atoms with E-state index in [1.807, 2.05) is 30.3 Å². The minimum atomic E-state index is -0.385. The molecule has 2 heterocycles. The second-order valence-electron chi connectivity index (χ2n) is 7.16. The molecule has 6 heteroatoms. The van der Waals surface area contributed by atoms with Gasteiger partial charge < -0.3 is 19.7 Å². The van der Waals surface area contributed by atoms with E-state index in [9.17, 15) is 9.59 Å². The molecular weight excluding hydrogens is 320 g/mol. The van der Waals surface area contributed by atoms with E-state index >= 15 is 0 Å². The van der Waals surface area contributed by atoms with Crippen LogP contribution < -0.4 is 10.2 Å². The molecule has 2 amide bonds. The molecule has 3 aliphatic rings. The molecule has 0 radical (unpaired) electrons. The number of nitrogens with zero attached hydrogens (tertiary/aromatic N) is 1. The van der Waals surface area contributed by atoms with E-state index in [-0.39, 0.29) is 23.6 Å². The number of carbonyl (C=O) groups excluding carboxylic acids is 2. The Labute approximate surface area is 147 Å². The largest absolute Gasteiger partial charge is 0.348 e. The summed E-state index contributed by atoms with van der Waals surface area (Å²) in [6.07, 6.45) is 4.06. The molecule has 1 aromatic rings. The Morgan fingerprint density at radius 2 is 1.84 bits per heavy atom. The van der Waals surface area contributed by atoms with E-state index in [2.05, 4.69) is 5.32 Å². The average molecular weight is 344 g/mol. The van der Waals surface area contributed by atoms with E-state index in [0.717, 1.165) is 31.4 Å². The zero-order chi connectivity index (χ0) is 17.3. The first kappa shape index (κ1) is 16.5. The molecule has 1 aliphatic carbocycles. The molecular formula is C19H24N2O4. The fraction of sp³-hybridized carbons (Fsp3) is 0.579. The number of nitrogens with one attached hydrogen (secondary N) is 1. The van der Waals surface area contributed by atoms with Gasteiger partial charge in [-0.3, -0.25) is 9.59 Å². The Bertz CT molecular complexity index is 632. The van der Waals surface area contributed by atoms with Crippen molar-refractivity contribution in [2.24, 2.45) is 5.92 Å². The molecule has 0 unspecified atom stereocenters. The lowest BCUT2D eigenvalue weighted by Gasteiger charge is -2.39. The summed E-state index contributed by atoms with van der Waals surface area (Å²) in [5.74, 6) is -0.0957. The Balaban J connectivity index is 1.22. The number of hydrogen-bond donors (Lipinski definition) is 1.